The summed E-state index contributed by atoms with van der Waals surface area (Å²) in [5.41, 5.74) is -1.13. The highest BCUT2D eigenvalue weighted by Gasteiger charge is 2.45. The number of nitrogens with zero attached hydrogens (tertiary/aromatic N) is 1. The third kappa shape index (κ3) is 1.91. The van der Waals surface area contributed by atoms with Crippen molar-refractivity contribution in [3.63, 3.8) is 0 Å². The largest absolute Gasteiger partial charge is 0.479 e. The number of amides is 1. The first-order valence-corrected chi connectivity index (χ1v) is 5.53. The lowest BCUT2D eigenvalue weighted by Crippen LogP contribution is -2.61. The Labute approximate surface area is 95.8 Å². The van der Waals surface area contributed by atoms with Gasteiger partial charge in [-0.1, -0.05) is 13.8 Å². The number of rotatable bonds is 4. The zero-order valence-electron chi connectivity index (χ0n) is 10.3. The van der Waals surface area contributed by atoms with Gasteiger partial charge in [0.25, 0.3) is 0 Å². The minimum atomic E-state index is -1.13. The summed E-state index contributed by atoms with van der Waals surface area (Å²) in [5.74, 6) is -1.24. The molecule has 0 radical (unpaired) electrons. The summed E-state index contributed by atoms with van der Waals surface area (Å²) in [6.07, 6.45) is 0. The van der Waals surface area contributed by atoms with Crippen LogP contribution in [0, 0.1) is 11.8 Å². The van der Waals surface area contributed by atoms with Crippen molar-refractivity contribution < 1.29 is 14.7 Å². The van der Waals surface area contributed by atoms with Crippen LogP contribution in [0.2, 0.25) is 0 Å². The maximum atomic E-state index is 12.0. The molecular formula is C11H20N2O3. The Bertz CT molecular complexity index is 300. The number of likely N-dealkylation sites (N-methyl/N-ethyl adjacent to an activating group) is 1. The normalized spacial score (nSPS) is 20.1. The van der Waals surface area contributed by atoms with Gasteiger partial charge < -0.3 is 15.3 Å². The van der Waals surface area contributed by atoms with Crippen molar-refractivity contribution in [2.24, 2.45) is 11.8 Å². The molecular weight excluding hydrogens is 208 g/mol. The fourth-order valence-electron chi connectivity index (χ4n) is 1.74. The van der Waals surface area contributed by atoms with Crippen LogP contribution in [0.15, 0.2) is 0 Å². The Morgan fingerprint density at radius 3 is 2.19 bits per heavy atom. The number of hydrogen-bond donors (Lipinski definition) is 2. The van der Waals surface area contributed by atoms with E-state index < -0.39 is 11.5 Å². The summed E-state index contributed by atoms with van der Waals surface area (Å²) >= 11 is 0. The molecule has 0 aromatic rings. The number of aliphatic carboxylic acids is 1. The maximum Gasteiger partial charge on any atom is 0.329 e. The molecule has 5 nitrogen and oxygen atoms in total. The lowest BCUT2D eigenvalue weighted by molar-refractivity contribution is -0.162. The molecule has 1 saturated heterocycles. The Kier molecular flexibility index (Phi) is 3.57. The molecule has 1 aliphatic rings. The Morgan fingerprint density at radius 1 is 1.44 bits per heavy atom. The lowest BCUT2D eigenvalue weighted by Gasteiger charge is -2.41. The number of carboxylic acids is 1. The Balaban J connectivity index is 2.86. The van der Waals surface area contributed by atoms with E-state index in [0.717, 1.165) is 0 Å². The lowest BCUT2D eigenvalue weighted by atomic mass is 9.85. The van der Waals surface area contributed by atoms with E-state index >= 15 is 0 Å². The van der Waals surface area contributed by atoms with Crippen LogP contribution in [-0.2, 0) is 9.59 Å². The van der Waals surface area contributed by atoms with Gasteiger partial charge in [-0.25, -0.2) is 4.79 Å². The average Bonchev–Trinajstić information content (AvgIpc) is 2.11. The number of carboxylic acid groups (broad SMARTS) is 1. The molecule has 92 valence electrons. The van der Waals surface area contributed by atoms with Gasteiger partial charge in [0.05, 0.1) is 5.92 Å². The molecule has 16 heavy (non-hydrogen) atoms. The van der Waals surface area contributed by atoms with E-state index in [-0.39, 0.29) is 17.7 Å². The van der Waals surface area contributed by atoms with Crippen LogP contribution in [0.25, 0.3) is 0 Å². The topological polar surface area (TPSA) is 69.6 Å². The molecule has 2 N–H and O–H groups in total. The molecule has 1 rings (SSSR count). The minimum Gasteiger partial charge on any atom is -0.479 e. The standard InChI is InChI=1S/C11H20N2O3/c1-7(2)11(3,10(15)16)13(4)9(14)8-5-12-6-8/h7-8,12H,5-6H2,1-4H3,(H,15,16). The van der Waals surface area contributed by atoms with Crippen LogP contribution < -0.4 is 5.32 Å². The van der Waals surface area contributed by atoms with E-state index in [0.29, 0.717) is 13.1 Å². The van der Waals surface area contributed by atoms with Crippen LogP contribution in [-0.4, -0.2) is 47.6 Å². The molecule has 1 aliphatic heterocycles. The van der Waals surface area contributed by atoms with Gasteiger partial charge in [-0.15, -0.1) is 0 Å². The zero-order chi connectivity index (χ0) is 12.5. The molecule has 0 spiro atoms. The first-order valence-electron chi connectivity index (χ1n) is 5.53. The van der Waals surface area contributed by atoms with Gasteiger partial charge in [-0.3, -0.25) is 4.79 Å². The Morgan fingerprint density at radius 2 is 1.94 bits per heavy atom. The molecule has 0 aromatic carbocycles. The summed E-state index contributed by atoms with van der Waals surface area (Å²) in [5, 5.41) is 12.3. The smallest absolute Gasteiger partial charge is 0.329 e. The highest BCUT2D eigenvalue weighted by atomic mass is 16.4. The first-order chi connectivity index (χ1) is 7.31. The SMILES string of the molecule is CC(C)C(C)(C(=O)O)N(C)C(=O)C1CNC1. The van der Waals surface area contributed by atoms with Crippen molar-refractivity contribution in [2.75, 3.05) is 20.1 Å². The van der Waals surface area contributed by atoms with Crippen molar-refractivity contribution in [3.05, 3.63) is 0 Å². The number of carbonyl (C=O) groups is 2. The van der Waals surface area contributed by atoms with E-state index in [1.165, 1.54) is 4.90 Å². The third-order valence-corrected chi connectivity index (χ3v) is 3.72. The van der Waals surface area contributed by atoms with Gasteiger partial charge >= 0.3 is 5.97 Å². The highest BCUT2D eigenvalue weighted by Crippen LogP contribution is 2.26. The number of nitrogens with one attached hydrogen (secondary N) is 1. The molecule has 1 amide bonds. The van der Waals surface area contributed by atoms with Gasteiger partial charge in [0.15, 0.2) is 0 Å². The molecule has 1 heterocycles. The fourth-order valence-corrected chi connectivity index (χ4v) is 1.74. The second-order valence-corrected chi connectivity index (χ2v) is 4.86. The Hall–Kier alpha value is -1.10. The van der Waals surface area contributed by atoms with Crippen molar-refractivity contribution in [1.29, 1.82) is 0 Å². The molecule has 0 aromatic heterocycles. The van der Waals surface area contributed by atoms with Crippen molar-refractivity contribution >= 4 is 11.9 Å². The molecule has 0 bridgehead atoms. The molecule has 1 atom stereocenters. The molecule has 0 saturated carbocycles. The monoisotopic (exact) mass is 228 g/mol. The van der Waals surface area contributed by atoms with Gasteiger partial charge in [-0.2, -0.15) is 0 Å². The van der Waals surface area contributed by atoms with Gasteiger partial charge in [0.2, 0.25) is 5.91 Å². The summed E-state index contributed by atoms with van der Waals surface area (Å²) in [4.78, 5) is 24.7. The van der Waals surface area contributed by atoms with E-state index in [2.05, 4.69) is 5.32 Å². The van der Waals surface area contributed by atoms with E-state index in [4.69, 9.17) is 0 Å². The molecule has 5 heteroatoms. The van der Waals surface area contributed by atoms with Crippen LogP contribution >= 0.6 is 0 Å². The second kappa shape index (κ2) is 4.41. The maximum absolute atomic E-state index is 12.0. The van der Waals surface area contributed by atoms with Gasteiger partial charge in [0.1, 0.15) is 5.54 Å². The van der Waals surface area contributed by atoms with E-state index in [1.807, 2.05) is 13.8 Å². The summed E-state index contributed by atoms with van der Waals surface area (Å²) in [6, 6.07) is 0. The van der Waals surface area contributed by atoms with Gasteiger partial charge in [-0.05, 0) is 12.8 Å². The zero-order valence-corrected chi connectivity index (χ0v) is 10.3. The third-order valence-electron chi connectivity index (χ3n) is 3.72. The van der Waals surface area contributed by atoms with E-state index in [1.54, 1.807) is 14.0 Å². The average molecular weight is 228 g/mol. The number of hydrogen-bond acceptors (Lipinski definition) is 3. The predicted octanol–water partition coefficient (Wildman–Crippen LogP) is 0.164. The second-order valence-electron chi connectivity index (χ2n) is 4.86. The molecule has 1 unspecified atom stereocenters. The minimum absolute atomic E-state index is 0.0672. The van der Waals surface area contributed by atoms with Crippen LogP contribution in [0.5, 0.6) is 0 Å². The number of carbonyl (C=O) groups excluding carboxylic acids is 1. The first kappa shape index (κ1) is 13.0. The van der Waals surface area contributed by atoms with Crippen LogP contribution in [0.4, 0.5) is 0 Å². The van der Waals surface area contributed by atoms with Crippen molar-refractivity contribution in [1.82, 2.24) is 10.2 Å². The predicted molar refractivity (Wildman–Crippen MR) is 60.0 cm³/mol. The van der Waals surface area contributed by atoms with Crippen molar-refractivity contribution in [3.8, 4) is 0 Å². The molecule has 1 fully saturated rings. The molecule has 0 aliphatic carbocycles. The van der Waals surface area contributed by atoms with E-state index in [9.17, 15) is 14.7 Å². The summed E-state index contributed by atoms with van der Waals surface area (Å²) in [7, 11) is 1.58. The van der Waals surface area contributed by atoms with Crippen LogP contribution in [0.3, 0.4) is 0 Å². The summed E-state index contributed by atoms with van der Waals surface area (Å²) < 4.78 is 0. The summed E-state index contributed by atoms with van der Waals surface area (Å²) in [6.45, 7) is 6.53. The highest BCUT2D eigenvalue weighted by molar-refractivity contribution is 5.88. The van der Waals surface area contributed by atoms with Crippen LogP contribution in [0.1, 0.15) is 20.8 Å². The van der Waals surface area contributed by atoms with Gasteiger partial charge in [0, 0.05) is 20.1 Å². The fraction of sp³-hybridized carbons (Fsp3) is 0.818. The van der Waals surface area contributed by atoms with Crippen molar-refractivity contribution in [2.45, 2.75) is 26.3 Å². The quantitative estimate of drug-likeness (QED) is 0.719.